The fraction of sp³-hybridized carbons (Fsp3) is 0.905. The van der Waals surface area contributed by atoms with Gasteiger partial charge in [-0.15, -0.1) is 0 Å². The molecule has 5 heteroatoms. The Hall–Kier alpha value is -0.460. The van der Waals surface area contributed by atoms with Crippen molar-refractivity contribution in [3.8, 4) is 0 Å². The van der Waals surface area contributed by atoms with Gasteiger partial charge in [-0.3, -0.25) is 0 Å². The lowest BCUT2D eigenvalue weighted by molar-refractivity contribution is -0.0726. The van der Waals surface area contributed by atoms with Gasteiger partial charge in [-0.05, 0) is 19.3 Å². The summed E-state index contributed by atoms with van der Waals surface area (Å²) in [6, 6.07) is 0. The molecule has 0 radical (unpaired) electrons. The number of hydrogen-bond donors (Lipinski definition) is 3. The first-order chi connectivity index (χ1) is 12.7. The quantitative estimate of drug-likeness (QED) is 0.286. The van der Waals surface area contributed by atoms with Gasteiger partial charge in [0.15, 0.2) is 0 Å². The van der Waals surface area contributed by atoms with Crippen LogP contribution in [0.5, 0.6) is 0 Å². The van der Waals surface area contributed by atoms with E-state index in [9.17, 15) is 10.2 Å². The molecule has 3 N–H and O–H groups in total. The van der Waals surface area contributed by atoms with E-state index in [0.29, 0.717) is 6.61 Å². The number of hydrogen-bond acceptors (Lipinski definition) is 5. The van der Waals surface area contributed by atoms with Crippen molar-refractivity contribution in [1.29, 1.82) is 0 Å². The topological polar surface area (TPSA) is 79.2 Å². The Morgan fingerprint density at radius 2 is 1.62 bits per heavy atom. The molecule has 0 amide bonds. The molecule has 0 aliphatic carbocycles. The van der Waals surface area contributed by atoms with Crippen LogP contribution in [0.15, 0.2) is 12.2 Å². The Balaban J connectivity index is 1.91. The first kappa shape index (κ1) is 23.6. The second-order valence-corrected chi connectivity index (χ2v) is 7.32. The first-order valence-electron chi connectivity index (χ1n) is 10.6. The van der Waals surface area contributed by atoms with Gasteiger partial charge in [-0.2, -0.15) is 0 Å². The van der Waals surface area contributed by atoms with E-state index in [-0.39, 0.29) is 6.61 Å². The Kier molecular flexibility index (Phi) is 14.1. The van der Waals surface area contributed by atoms with Crippen molar-refractivity contribution in [2.45, 2.75) is 102 Å². The zero-order chi connectivity index (χ0) is 19.0. The smallest absolute Gasteiger partial charge is 0.114 e. The van der Waals surface area contributed by atoms with Gasteiger partial charge >= 0.3 is 0 Å². The minimum absolute atomic E-state index is 0.255. The molecule has 1 aliphatic heterocycles. The van der Waals surface area contributed by atoms with Gasteiger partial charge < -0.3 is 24.8 Å². The van der Waals surface area contributed by atoms with Gasteiger partial charge in [0.1, 0.15) is 24.4 Å². The molecule has 1 heterocycles. The van der Waals surface area contributed by atoms with E-state index in [2.05, 4.69) is 19.1 Å². The average molecular weight is 373 g/mol. The molecule has 0 bridgehead atoms. The fourth-order valence-corrected chi connectivity index (χ4v) is 3.30. The van der Waals surface area contributed by atoms with Crippen LogP contribution in [0.25, 0.3) is 0 Å². The van der Waals surface area contributed by atoms with E-state index >= 15 is 0 Å². The molecule has 0 aromatic carbocycles. The molecule has 1 aliphatic rings. The Labute approximate surface area is 159 Å². The predicted octanol–water partition coefficient (Wildman–Crippen LogP) is 3.35. The number of ether oxygens (including phenoxy) is 2. The van der Waals surface area contributed by atoms with Crippen LogP contribution in [-0.4, -0.2) is 59.6 Å². The zero-order valence-electron chi connectivity index (χ0n) is 16.5. The van der Waals surface area contributed by atoms with E-state index in [1.54, 1.807) is 0 Å². The summed E-state index contributed by atoms with van der Waals surface area (Å²) < 4.78 is 10.9. The van der Waals surface area contributed by atoms with E-state index in [1.165, 1.54) is 57.8 Å². The summed E-state index contributed by atoms with van der Waals surface area (Å²) in [5.41, 5.74) is 0. The number of aliphatic hydroxyl groups is 3. The number of rotatable bonds is 16. The molecule has 0 aromatic rings. The molecule has 0 saturated carbocycles. The molecule has 154 valence electrons. The average Bonchev–Trinajstić information content (AvgIpc) is 3.02. The van der Waals surface area contributed by atoms with Crippen LogP contribution in [0.1, 0.15) is 77.6 Å². The van der Waals surface area contributed by atoms with Gasteiger partial charge in [-0.25, -0.2) is 0 Å². The lowest BCUT2D eigenvalue weighted by atomic mass is 10.1. The molecular formula is C21H40O5. The van der Waals surface area contributed by atoms with Crippen molar-refractivity contribution >= 4 is 0 Å². The van der Waals surface area contributed by atoms with E-state index in [0.717, 1.165) is 12.8 Å². The molecule has 26 heavy (non-hydrogen) atoms. The molecule has 0 spiro atoms. The standard InChI is InChI=1S/C21H40O5/c1-2-3-4-5-6-7-8-9-10-11-12-13-14-15-25-19-17-26-21(20(19)24)18(23)16-22/h12-13,18-24H,2-11,14-17H2,1H3/b13-12+/t18-,19+,20-,21-/m0/s1. The largest absolute Gasteiger partial charge is 0.394 e. The van der Waals surface area contributed by atoms with Crippen LogP contribution in [0.3, 0.4) is 0 Å². The molecule has 1 saturated heterocycles. The number of unbranched alkanes of at least 4 members (excludes halogenated alkanes) is 9. The predicted molar refractivity (Wildman–Crippen MR) is 104 cm³/mol. The Bertz CT molecular complexity index is 347. The lowest BCUT2D eigenvalue weighted by Crippen LogP contribution is -2.41. The summed E-state index contributed by atoms with van der Waals surface area (Å²) >= 11 is 0. The van der Waals surface area contributed by atoms with Gasteiger partial charge in [0.05, 0.1) is 19.8 Å². The summed E-state index contributed by atoms with van der Waals surface area (Å²) in [6.45, 7) is 2.62. The zero-order valence-corrected chi connectivity index (χ0v) is 16.5. The van der Waals surface area contributed by atoms with Crippen molar-refractivity contribution in [3.63, 3.8) is 0 Å². The van der Waals surface area contributed by atoms with E-state index < -0.39 is 31.0 Å². The molecule has 0 unspecified atom stereocenters. The summed E-state index contributed by atoms with van der Waals surface area (Å²) in [6.07, 6.45) is 15.3. The summed E-state index contributed by atoms with van der Waals surface area (Å²) in [5.74, 6) is 0. The third kappa shape index (κ3) is 10.0. The third-order valence-corrected chi connectivity index (χ3v) is 4.99. The Morgan fingerprint density at radius 1 is 1.00 bits per heavy atom. The van der Waals surface area contributed by atoms with Crippen LogP contribution < -0.4 is 0 Å². The van der Waals surface area contributed by atoms with E-state index in [1.807, 2.05) is 0 Å². The van der Waals surface area contributed by atoms with Crippen molar-refractivity contribution < 1.29 is 24.8 Å². The van der Waals surface area contributed by atoms with Crippen molar-refractivity contribution in [1.82, 2.24) is 0 Å². The lowest BCUT2D eigenvalue weighted by Gasteiger charge is -2.20. The second kappa shape index (κ2) is 15.6. The SMILES string of the molecule is CCCCCCCCCCC/C=C/CCO[C@@H]1CO[C@@H]([C@@H](O)CO)[C@H]1O. The molecule has 0 aromatic heterocycles. The van der Waals surface area contributed by atoms with Crippen molar-refractivity contribution in [2.24, 2.45) is 0 Å². The summed E-state index contributed by atoms with van der Waals surface area (Å²) in [5, 5.41) is 28.5. The first-order valence-corrected chi connectivity index (χ1v) is 10.6. The van der Waals surface area contributed by atoms with Crippen LogP contribution in [0, 0.1) is 0 Å². The highest BCUT2D eigenvalue weighted by atomic mass is 16.6. The minimum Gasteiger partial charge on any atom is -0.394 e. The molecule has 1 fully saturated rings. The maximum atomic E-state index is 10.0. The monoisotopic (exact) mass is 372 g/mol. The minimum atomic E-state index is -1.06. The molecular weight excluding hydrogens is 332 g/mol. The number of aliphatic hydroxyl groups excluding tert-OH is 3. The Morgan fingerprint density at radius 3 is 2.27 bits per heavy atom. The maximum Gasteiger partial charge on any atom is 0.114 e. The second-order valence-electron chi connectivity index (χ2n) is 7.32. The van der Waals surface area contributed by atoms with Crippen LogP contribution in [-0.2, 0) is 9.47 Å². The van der Waals surface area contributed by atoms with Crippen LogP contribution in [0.2, 0.25) is 0 Å². The van der Waals surface area contributed by atoms with Crippen LogP contribution in [0.4, 0.5) is 0 Å². The normalized spacial score (nSPS) is 24.5. The summed E-state index contributed by atoms with van der Waals surface area (Å²) in [7, 11) is 0. The highest BCUT2D eigenvalue weighted by Gasteiger charge is 2.40. The van der Waals surface area contributed by atoms with Gasteiger partial charge in [0.2, 0.25) is 0 Å². The summed E-state index contributed by atoms with van der Waals surface area (Å²) in [4.78, 5) is 0. The third-order valence-electron chi connectivity index (χ3n) is 4.99. The van der Waals surface area contributed by atoms with Gasteiger partial charge in [-0.1, -0.05) is 70.4 Å². The maximum absolute atomic E-state index is 10.0. The number of allylic oxidation sites excluding steroid dienone is 1. The molecule has 1 rings (SSSR count). The highest BCUT2D eigenvalue weighted by Crippen LogP contribution is 2.20. The fourth-order valence-electron chi connectivity index (χ4n) is 3.30. The van der Waals surface area contributed by atoms with Crippen molar-refractivity contribution in [2.75, 3.05) is 19.8 Å². The highest BCUT2D eigenvalue weighted by molar-refractivity contribution is 4.89. The molecule has 4 atom stereocenters. The van der Waals surface area contributed by atoms with E-state index in [4.69, 9.17) is 14.6 Å². The molecule has 5 nitrogen and oxygen atoms in total. The van der Waals surface area contributed by atoms with Crippen molar-refractivity contribution in [3.05, 3.63) is 12.2 Å². The van der Waals surface area contributed by atoms with Crippen LogP contribution >= 0.6 is 0 Å². The van der Waals surface area contributed by atoms with Gasteiger partial charge in [0, 0.05) is 0 Å². The van der Waals surface area contributed by atoms with Gasteiger partial charge in [0.25, 0.3) is 0 Å².